The summed E-state index contributed by atoms with van der Waals surface area (Å²) in [5.74, 6) is -0.0595. The third-order valence-electron chi connectivity index (χ3n) is 2.99. The number of benzene rings is 1. The highest BCUT2D eigenvalue weighted by molar-refractivity contribution is 7.98. The number of hydrogen-bond acceptors (Lipinski definition) is 4. The topological polar surface area (TPSA) is 56.1 Å². The van der Waals surface area contributed by atoms with Crippen molar-refractivity contribution in [1.82, 2.24) is 10.2 Å². The van der Waals surface area contributed by atoms with E-state index in [1.54, 1.807) is 16.7 Å². The summed E-state index contributed by atoms with van der Waals surface area (Å²) < 4.78 is 0. The molecule has 18 heavy (non-hydrogen) atoms. The molecule has 1 aliphatic heterocycles. The van der Waals surface area contributed by atoms with Gasteiger partial charge in [-0.15, -0.1) is 11.8 Å². The van der Waals surface area contributed by atoms with E-state index < -0.39 is 0 Å². The van der Waals surface area contributed by atoms with Crippen LogP contribution >= 0.6 is 11.8 Å². The summed E-state index contributed by atoms with van der Waals surface area (Å²) in [4.78, 5) is 15.1. The number of nitrogens with zero attached hydrogens (tertiary/aromatic N) is 2. The van der Waals surface area contributed by atoms with Gasteiger partial charge in [-0.1, -0.05) is 0 Å². The summed E-state index contributed by atoms with van der Waals surface area (Å²) in [5.41, 5.74) is 0.648. The molecule has 1 fully saturated rings. The minimum atomic E-state index is -0.369. The van der Waals surface area contributed by atoms with E-state index in [9.17, 15) is 4.79 Å². The van der Waals surface area contributed by atoms with Gasteiger partial charge in [0.25, 0.3) is 5.91 Å². The fraction of sp³-hybridized carbons (Fsp3) is 0.385. The number of carbonyl (C=O) groups is 1. The van der Waals surface area contributed by atoms with Crippen LogP contribution < -0.4 is 5.32 Å². The Kier molecular flexibility index (Phi) is 4.24. The zero-order valence-electron chi connectivity index (χ0n) is 10.2. The standard InChI is InChI=1S/C13H15N3OS/c1-18-12-4-2-10(3-5-12)13(17)16-7-6-15-9-11(16)8-14/h2-5,11,15H,6-7,9H2,1H3. The zero-order valence-corrected chi connectivity index (χ0v) is 11.0. The molecule has 1 atom stereocenters. The zero-order chi connectivity index (χ0) is 13.0. The summed E-state index contributed by atoms with van der Waals surface area (Å²) >= 11 is 1.64. The van der Waals surface area contributed by atoms with Crippen molar-refractivity contribution in [3.8, 4) is 6.07 Å². The second-order valence-corrected chi connectivity index (χ2v) is 4.96. The number of nitriles is 1. The fourth-order valence-corrected chi connectivity index (χ4v) is 2.37. The van der Waals surface area contributed by atoms with Gasteiger partial charge >= 0.3 is 0 Å². The molecule has 0 radical (unpaired) electrons. The van der Waals surface area contributed by atoms with Crippen LogP contribution in [0.25, 0.3) is 0 Å². The van der Waals surface area contributed by atoms with Gasteiger partial charge in [0, 0.05) is 30.1 Å². The number of rotatable bonds is 2. The van der Waals surface area contributed by atoms with Gasteiger partial charge in [0.05, 0.1) is 6.07 Å². The van der Waals surface area contributed by atoms with Crippen molar-refractivity contribution in [2.24, 2.45) is 0 Å². The maximum Gasteiger partial charge on any atom is 0.255 e. The van der Waals surface area contributed by atoms with Crippen LogP contribution in [0.1, 0.15) is 10.4 Å². The number of carbonyl (C=O) groups excluding carboxylic acids is 1. The van der Waals surface area contributed by atoms with Crippen LogP contribution in [0.15, 0.2) is 29.2 Å². The maximum atomic E-state index is 12.3. The molecule has 1 amide bonds. The molecule has 0 bridgehead atoms. The van der Waals surface area contributed by atoms with E-state index >= 15 is 0 Å². The summed E-state index contributed by atoms with van der Waals surface area (Å²) in [7, 11) is 0. The first-order valence-electron chi connectivity index (χ1n) is 5.81. The van der Waals surface area contributed by atoms with Gasteiger partial charge in [-0.05, 0) is 30.5 Å². The third kappa shape index (κ3) is 2.66. The molecule has 94 valence electrons. The molecule has 1 heterocycles. The molecule has 0 spiro atoms. The van der Waals surface area contributed by atoms with E-state index in [2.05, 4.69) is 11.4 Å². The normalized spacial score (nSPS) is 19.3. The van der Waals surface area contributed by atoms with Crippen molar-refractivity contribution in [1.29, 1.82) is 5.26 Å². The molecule has 1 unspecified atom stereocenters. The van der Waals surface area contributed by atoms with Gasteiger partial charge in [0.15, 0.2) is 0 Å². The van der Waals surface area contributed by atoms with Crippen LogP contribution in [-0.2, 0) is 0 Å². The van der Waals surface area contributed by atoms with Gasteiger partial charge in [-0.2, -0.15) is 5.26 Å². The van der Waals surface area contributed by atoms with Crippen molar-refractivity contribution in [3.63, 3.8) is 0 Å². The number of piperazine rings is 1. The summed E-state index contributed by atoms with van der Waals surface area (Å²) in [6, 6.07) is 9.31. The molecule has 1 aliphatic rings. The van der Waals surface area contributed by atoms with Crippen LogP contribution in [0.2, 0.25) is 0 Å². The second kappa shape index (κ2) is 5.89. The van der Waals surface area contributed by atoms with Crippen molar-refractivity contribution in [2.45, 2.75) is 10.9 Å². The number of hydrogen-bond donors (Lipinski definition) is 1. The van der Waals surface area contributed by atoms with Crippen LogP contribution in [0.3, 0.4) is 0 Å². The van der Waals surface area contributed by atoms with Crippen molar-refractivity contribution >= 4 is 17.7 Å². The van der Waals surface area contributed by atoms with Gasteiger partial charge in [-0.25, -0.2) is 0 Å². The van der Waals surface area contributed by atoms with Crippen molar-refractivity contribution in [2.75, 3.05) is 25.9 Å². The Morgan fingerprint density at radius 1 is 1.50 bits per heavy atom. The van der Waals surface area contributed by atoms with Crippen molar-refractivity contribution in [3.05, 3.63) is 29.8 Å². The van der Waals surface area contributed by atoms with Gasteiger partial charge in [0.1, 0.15) is 6.04 Å². The summed E-state index contributed by atoms with van der Waals surface area (Å²) in [5, 5.41) is 12.2. The monoisotopic (exact) mass is 261 g/mol. The fourth-order valence-electron chi connectivity index (χ4n) is 1.96. The average molecular weight is 261 g/mol. The molecular weight excluding hydrogens is 246 g/mol. The molecule has 1 saturated heterocycles. The van der Waals surface area contributed by atoms with Gasteiger partial charge in [0.2, 0.25) is 0 Å². The van der Waals surface area contributed by atoms with E-state index in [4.69, 9.17) is 5.26 Å². The van der Waals surface area contributed by atoms with Crippen LogP contribution in [0, 0.1) is 11.3 Å². The minimum absolute atomic E-state index is 0.0595. The molecule has 2 rings (SSSR count). The Morgan fingerprint density at radius 2 is 2.22 bits per heavy atom. The molecular formula is C13H15N3OS. The smallest absolute Gasteiger partial charge is 0.255 e. The van der Waals surface area contributed by atoms with Crippen LogP contribution in [0.5, 0.6) is 0 Å². The van der Waals surface area contributed by atoms with Crippen LogP contribution in [-0.4, -0.2) is 42.7 Å². The highest BCUT2D eigenvalue weighted by atomic mass is 32.2. The lowest BCUT2D eigenvalue weighted by molar-refractivity contribution is 0.0687. The predicted octanol–water partition coefficient (Wildman–Crippen LogP) is 1.35. The Morgan fingerprint density at radius 3 is 2.83 bits per heavy atom. The summed E-state index contributed by atoms with van der Waals surface area (Å²) in [6.07, 6.45) is 2.00. The Bertz CT molecular complexity index is 466. The highest BCUT2D eigenvalue weighted by Crippen LogP contribution is 2.17. The first-order chi connectivity index (χ1) is 8.76. The molecule has 0 saturated carbocycles. The maximum absolute atomic E-state index is 12.3. The number of nitrogens with one attached hydrogen (secondary N) is 1. The van der Waals surface area contributed by atoms with E-state index in [-0.39, 0.29) is 11.9 Å². The van der Waals surface area contributed by atoms with Crippen molar-refractivity contribution < 1.29 is 4.79 Å². The molecule has 1 N–H and O–H groups in total. The van der Waals surface area contributed by atoms with E-state index in [0.717, 1.165) is 11.4 Å². The quantitative estimate of drug-likeness (QED) is 0.816. The lowest BCUT2D eigenvalue weighted by Gasteiger charge is -2.32. The second-order valence-electron chi connectivity index (χ2n) is 4.08. The SMILES string of the molecule is CSc1ccc(C(=O)N2CCNCC2C#N)cc1. The largest absolute Gasteiger partial charge is 0.320 e. The highest BCUT2D eigenvalue weighted by Gasteiger charge is 2.26. The van der Waals surface area contributed by atoms with E-state index in [0.29, 0.717) is 18.7 Å². The molecule has 5 heteroatoms. The van der Waals surface area contributed by atoms with Gasteiger partial charge < -0.3 is 10.2 Å². The van der Waals surface area contributed by atoms with Gasteiger partial charge in [-0.3, -0.25) is 4.79 Å². The molecule has 0 aliphatic carbocycles. The Balaban J connectivity index is 2.16. The molecule has 1 aromatic carbocycles. The lowest BCUT2D eigenvalue weighted by Crippen LogP contribution is -2.53. The number of amides is 1. The van der Waals surface area contributed by atoms with Crippen LogP contribution in [0.4, 0.5) is 0 Å². The van der Waals surface area contributed by atoms with E-state index in [1.807, 2.05) is 30.5 Å². The first-order valence-corrected chi connectivity index (χ1v) is 7.04. The lowest BCUT2D eigenvalue weighted by atomic mass is 10.1. The predicted molar refractivity (Wildman–Crippen MR) is 71.5 cm³/mol. The first kappa shape index (κ1) is 12.9. The Labute approximate surface area is 111 Å². The third-order valence-corrected chi connectivity index (χ3v) is 3.73. The molecule has 4 nitrogen and oxygen atoms in total. The number of thioether (sulfide) groups is 1. The molecule has 1 aromatic rings. The minimum Gasteiger partial charge on any atom is -0.320 e. The Hall–Kier alpha value is -1.51. The van der Waals surface area contributed by atoms with E-state index in [1.165, 1.54) is 0 Å². The molecule has 0 aromatic heterocycles. The summed E-state index contributed by atoms with van der Waals surface area (Å²) in [6.45, 7) is 1.87. The average Bonchev–Trinajstić information content (AvgIpc) is 2.46.